The lowest BCUT2D eigenvalue weighted by Gasteiger charge is -2.53. The van der Waals surface area contributed by atoms with E-state index in [-0.39, 0.29) is 5.41 Å². The Hall–Kier alpha value is -0.570. The van der Waals surface area contributed by atoms with Crippen molar-refractivity contribution in [2.75, 3.05) is 19.6 Å². The minimum Gasteiger partial charge on any atom is -0.481 e. The molecule has 1 aliphatic carbocycles. The fraction of sp³-hybridized carbons (Fsp3) is 0.938. The predicted molar refractivity (Wildman–Crippen MR) is 77.2 cm³/mol. The molecule has 0 radical (unpaired) electrons. The Labute approximate surface area is 117 Å². The Morgan fingerprint density at radius 1 is 1.05 bits per heavy atom. The van der Waals surface area contributed by atoms with Gasteiger partial charge in [-0.1, -0.05) is 33.1 Å². The number of aliphatic carboxylic acids is 1. The van der Waals surface area contributed by atoms with Crippen LogP contribution < -0.4 is 0 Å². The number of likely N-dealkylation sites (tertiary alicyclic amines) is 1. The van der Waals surface area contributed by atoms with Gasteiger partial charge in [-0.15, -0.1) is 0 Å². The Morgan fingerprint density at radius 2 is 1.63 bits per heavy atom. The first kappa shape index (κ1) is 14.8. The van der Waals surface area contributed by atoms with Crippen LogP contribution in [-0.4, -0.2) is 35.6 Å². The molecule has 0 atom stereocenters. The van der Waals surface area contributed by atoms with Crippen molar-refractivity contribution in [3.05, 3.63) is 0 Å². The molecule has 0 aromatic heterocycles. The number of nitrogens with zero attached hydrogens (tertiary/aromatic N) is 1. The number of carboxylic acid groups (broad SMARTS) is 1. The molecule has 110 valence electrons. The number of rotatable bonds is 6. The van der Waals surface area contributed by atoms with Crippen LogP contribution in [0.3, 0.4) is 0 Å². The van der Waals surface area contributed by atoms with Gasteiger partial charge >= 0.3 is 5.97 Å². The predicted octanol–water partition coefficient (Wildman–Crippen LogP) is 3.53. The van der Waals surface area contributed by atoms with Crippen molar-refractivity contribution < 1.29 is 9.90 Å². The zero-order valence-electron chi connectivity index (χ0n) is 12.6. The maximum Gasteiger partial charge on any atom is 0.303 e. The van der Waals surface area contributed by atoms with Crippen LogP contribution in [0.25, 0.3) is 0 Å². The standard InChI is InChI=1S/C16H29NO2/c1-3-15(4-2)11-17(12-15)13-16(10-14(18)19)8-6-5-7-9-16/h3-13H2,1-2H3,(H,18,19). The van der Waals surface area contributed by atoms with Crippen molar-refractivity contribution >= 4 is 5.97 Å². The van der Waals surface area contributed by atoms with E-state index in [1.807, 2.05) is 0 Å². The van der Waals surface area contributed by atoms with Crippen LogP contribution in [-0.2, 0) is 4.79 Å². The van der Waals surface area contributed by atoms with E-state index in [2.05, 4.69) is 18.7 Å². The molecule has 2 aliphatic rings. The topological polar surface area (TPSA) is 40.5 Å². The maximum absolute atomic E-state index is 11.2. The molecule has 0 bridgehead atoms. The van der Waals surface area contributed by atoms with Gasteiger partial charge < -0.3 is 10.0 Å². The SMILES string of the molecule is CCC1(CC)CN(CC2(CC(=O)O)CCCCC2)C1. The Bertz CT molecular complexity index is 309. The number of hydrogen-bond donors (Lipinski definition) is 1. The molecule has 0 aromatic rings. The van der Waals surface area contributed by atoms with Gasteiger partial charge in [0.1, 0.15) is 0 Å². The monoisotopic (exact) mass is 267 g/mol. The van der Waals surface area contributed by atoms with Gasteiger partial charge in [0.25, 0.3) is 0 Å². The normalized spacial score (nSPS) is 25.8. The van der Waals surface area contributed by atoms with E-state index in [1.54, 1.807) is 0 Å². The molecule has 0 amide bonds. The zero-order valence-corrected chi connectivity index (χ0v) is 12.6. The summed E-state index contributed by atoms with van der Waals surface area (Å²) >= 11 is 0. The average molecular weight is 267 g/mol. The smallest absolute Gasteiger partial charge is 0.303 e. The van der Waals surface area contributed by atoms with Crippen LogP contribution in [0.15, 0.2) is 0 Å². The molecule has 1 N–H and O–H groups in total. The van der Waals surface area contributed by atoms with Crippen LogP contribution >= 0.6 is 0 Å². The Balaban J connectivity index is 1.93. The molecule has 3 nitrogen and oxygen atoms in total. The summed E-state index contributed by atoms with van der Waals surface area (Å²) in [5.41, 5.74) is 0.594. The van der Waals surface area contributed by atoms with Gasteiger partial charge in [-0.25, -0.2) is 0 Å². The van der Waals surface area contributed by atoms with Crippen molar-refractivity contribution in [2.24, 2.45) is 10.8 Å². The first-order chi connectivity index (χ1) is 9.03. The summed E-state index contributed by atoms with van der Waals surface area (Å²) in [7, 11) is 0. The minimum atomic E-state index is -0.611. The van der Waals surface area contributed by atoms with Crippen LogP contribution in [0.1, 0.15) is 65.2 Å². The molecule has 1 saturated heterocycles. The first-order valence-corrected chi connectivity index (χ1v) is 7.97. The highest BCUT2D eigenvalue weighted by Crippen LogP contribution is 2.44. The highest BCUT2D eigenvalue weighted by molar-refractivity contribution is 5.67. The minimum absolute atomic E-state index is 0.0672. The lowest BCUT2D eigenvalue weighted by molar-refractivity contribution is -0.141. The largest absolute Gasteiger partial charge is 0.481 e. The second-order valence-electron chi connectivity index (χ2n) is 6.98. The molecule has 3 heteroatoms. The zero-order chi connectivity index (χ0) is 13.9. The molecular formula is C16H29NO2. The summed E-state index contributed by atoms with van der Waals surface area (Å²) in [5, 5.41) is 9.21. The number of carboxylic acids is 1. The third-order valence-corrected chi connectivity index (χ3v) is 5.62. The van der Waals surface area contributed by atoms with E-state index in [0.29, 0.717) is 11.8 Å². The Morgan fingerprint density at radius 3 is 2.11 bits per heavy atom. The van der Waals surface area contributed by atoms with Gasteiger partial charge in [0.2, 0.25) is 0 Å². The highest BCUT2D eigenvalue weighted by Gasteiger charge is 2.44. The molecule has 2 fully saturated rings. The quantitative estimate of drug-likeness (QED) is 0.800. The average Bonchev–Trinajstić information content (AvgIpc) is 2.33. The molecule has 2 rings (SSSR count). The van der Waals surface area contributed by atoms with E-state index in [0.717, 1.165) is 19.4 Å². The van der Waals surface area contributed by atoms with Gasteiger partial charge in [-0.3, -0.25) is 4.79 Å². The fourth-order valence-electron chi connectivity index (χ4n) is 4.20. The van der Waals surface area contributed by atoms with Crippen LogP contribution in [0.5, 0.6) is 0 Å². The van der Waals surface area contributed by atoms with Crippen LogP contribution in [0.2, 0.25) is 0 Å². The molecule has 19 heavy (non-hydrogen) atoms. The molecule has 0 spiro atoms. The van der Waals surface area contributed by atoms with Gasteiger partial charge in [0.15, 0.2) is 0 Å². The molecule has 1 heterocycles. The van der Waals surface area contributed by atoms with Crippen molar-refractivity contribution in [3.8, 4) is 0 Å². The summed E-state index contributed by atoms with van der Waals surface area (Å²) in [6.45, 7) is 7.95. The first-order valence-electron chi connectivity index (χ1n) is 7.97. The molecule has 1 saturated carbocycles. The second-order valence-corrected chi connectivity index (χ2v) is 6.98. The van der Waals surface area contributed by atoms with E-state index < -0.39 is 5.97 Å². The summed E-state index contributed by atoms with van der Waals surface area (Å²) in [6.07, 6.45) is 8.82. The summed E-state index contributed by atoms with van der Waals surface area (Å²) in [6, 6.07) is 0. The van der Waals surface area contributed by atoms with E-state index in [9.17, 15) is 9.90 Å². The maximum atomic E-state index is 11.2. The lowest BCUT2D eigenvalue weighted by Crippen LogP contribution is -2.58. The van der Waals surface area contributed by atoms with Crippen molar-refractivity contribution in [2.45, 2.75) is 65.2 Å². The lowest BCUT2D eigenvalue weighted by atomic mass is 9.68. The fourth-order valence-corrected chi connectivity index (χ4v) is 4.20. The second kappa shape index (κ2) is 5.82. The van der Waals surface area contributed by atoms with E-state index in [1.165, 1.54) is 45.2 Å². The molecule has 0 aromatic carbocycles. The van der Waals surface area contributed by atoms with E-state index in [4.69, 9.17) is 0 Å². The number of hydrogen-bond acceptors (Lipinski definition) is 2. The van der Waals surface area contributed by atoms with Gasteiger partial charge in [0, 0.05) is 19.6 Å². The van der Waals surface area contributed by atoms with Crippen LogP contribution in [0, 0.1) is 10.8 Å². The van der Waals surface area contributed by atoms with Crippen LogP contribution in [0.4, 0.5) is 0 Å². The van der Waals surface area contributed by atoms with Gasteiger partial charge in [0.05, 0.1) is 6.42 Å². The summed E-state index contributed by atoms with van der Waals surface area (Å²) in [5.74, 6) is -0.611. The van der Waals surface area contributed by atoms with Crippen molar-refractivity contribution in [1.82, 2.24) is 4.90 Å². The molecule has 1 aliphatic heterocycles. The van der Waals surface area contributed by atoms with Crippen molar-refractivity contribution in [3.63, 3.8) is 0 Å². The third-order valence-electron chi connectivity index (χ3n) is 5.62. The Kier molecular flexibility index (Phi) is 4.54. The van der Waals surface area contributed by atoms with Gasteiger partial charge in [-0.2, -0.15) is 0 Å². The van der Waals surface area contributed by atoms with Crippen molar-refractivity contribution in [1.29, 1.82) is 0 Å². The van der Waals surface area contributed by atoms with E-state index >= 15 is 0 Å². The number of carbonyl (C=O) groups is 1. The third kappa shape index (κ3) is 3.31. The summed E-state index contributed by atoms with van der Waals surface area (Å²) < 4.78 is 0. The molecular weight excluding hydrogens is 238 g/mol. The summed E-state index contributed by atoms with van der Waals surface area (Å²) in [4.78, 5) is 13.7. The highest BCUT2D eigenvalue weighted by atomic mass is 16.4. The van der Waals surface area contributed by atoms with Gasteiger partial charge in [-0.05, 0) is 36.5 Å². The molecule has 0 unspecified atom stereocenters.